The smallest absolute Gasteiger partial charge is 0.234 e. The summed E-state index contributed by atoms with van der Waals surface area (Å²) in [5.41, 5.74) is 3.34. The topological polar surface area (TPSA) is 77.8 Å². The van der Waals surface area contributed by atoms with E-state index in [9.17, 15) is 4.79 Å². The quantitative estimate of drug-likeness (QED) is 0.546. The second-order valence-electron chi connectivity index (χ2n) is 6.44. The van der Waals surface area contributed by atoms with Crippen molar-refractivity contribution in [1.82, 2.24) is 14.4 Å². The van der Waals surface area contributed by atoms with E-state index in [2.05, 4.69) is 15.3 Å². The number of nitrogens with one attached hydrogen (secondary N) is 1. The highest BCUT2D eigenvalue weighted by atomic mass is 16.5. The van der Waals surface area contributed by atoms with E-state index in [0.29, 0.717) is 17.3 Å². The highest BCUT2D eigenvalue weighted by Gasteiger charge is 2.10. The zero-order valence-corrected chi connectivity index (χ0v) is 16.1. The monoisotopic (exact) mass is 388 g/mol. The van der Waals surface area contributed by atoms with Crippen LogP contribution in [0.15, 0.2) is 67.1 Å². The average Bonchev–Trinajstić information content (AvgIpc) is 3.18. The predicted molar refractivity (Wildman–Crippen MR) is 110 cm³/mol. The van der Waals surface area contributed by atoms with Crippen LogP contribution >= 0.6 is 0 Å². The molecule has 0 fully saturated rings. The van der Waals surface area contributed by atoms with E-state index in [1.54, 1.807) is 32.5 Å². The number of carbonyl (C=O) groups is 1. The standard InChI is InChI=1S/C22H20N4O3/c1-28-19-9-4-15(12-20(19)29-2)13-21(27)24-17-7-5-16(6-8-17)18-14-26-11-3-10-23-22(26)25-18/h3-12,14H,13H2,1-2H3,(H,24,27). The molecule has 1 amide bonds. The minimum absolute atomic E-state index is 0.109. The van der Waals surface area contributed by atoms with Crippen LogP contribution in [0.5, 0.6) is 11.5 Å². The number of methoxy groups -OCH3 is 2. The lowest BCUT2D eigenvalue weighted by Crippen LogP contribution is -2.14. The normalized spacial score (nSPS) is 10.7. The highest BCUT2D eigenvalue weighted by Crippen LogP contribution is 2.28. The molecule has 2 aromatic heterocycles. The van der Waals surface area contributed by atoms with E-state index in [-0.39, 0.29) is 12.3 Å². The van der Waals surface area contributed by atoms with Crippen molar-refractivity contribution in [1.29, 1.82) is 0 Å². The van der Waals surface area contributed by atoms with Gasteiger partial charge < -0.3 is 14.8 Å². The molecule has 0 saturated carbocycles. The van der Waals surface area contributed by atoms with E-state index in [0.717, 1.165) is 22.5 Å². The molecule has 0 aliphatic rings. The summed E-state index contributed by atoms with van der Waals surface area (Å²) in [5.74, 6) is 1.77. The molecule has 0 aliphatic heterocycles. The minimum Gasteiger partial charge on any atom is -0.493 e. The third-order valence-electron chi connectivity index (χ3n) is 4.51. The molecule has 146 valence electrons. The van der Waals surface area contributed by atoms with E-state index in [1.807, 2.05) is 53.2 Å². The fourth-order valence-electron chi connectivity index (χ4n) is 3.07. The van der Waals surface area contributed by atoms with Crippen LogP contribution in [-0.4, -0.2) is 34.5 Å². The molecular weight excluding hydrogens is 368 g/mol. The van der Waals surface area contributed by atoms with Gasteiger partial charge in [-0.25, -0.2) is 9.97 Å². The molecule has 7 heteroatoms. The van der Waals surface area contributed by atoms with Crippen LogP contribution in [0.1, 0.15) is 5.56 Å². The van der Waals surface area contributed by atoms with Crippen molar-refractivity contribution >= 4 is 17.4 Å². The molecule has 1 N–H and O–H groups in total. The van der Waals surface area contributed by atoms with Gasteiger partial charge in [0.25, 0.3) is 0 Å². The first kappa shape index (κ1) is 18.5. The third kappa shape index (κ3) is 4.03. The molecule has 0 spiro atoms. The number of aromatic nitrogens is 3. The maximum absolute atomic E-state index is 12.4. The molecule has 0 bridgehead atoms. The molecule has 7 nitrogen and oxygen atoms in total. The zero-order chi connectivity index (χ0) is 20.2. The molecule has 0 unspecified atom stereocenters. The first-order chi connectivity index (χ1) is 14.2. The molecule has 0 aliphatic carbocycles. The Morgan fingerprint density at radius 2 is 1.86 bits per heavy atom. The number of imidazole rings is 1. The van der Waals surface area contributed by atoms with Gasteiger partial charge in [-0.05, 0) is 35.9 Å². The number of benzene rings is 2. The lowest BCUT2D eigenvalue weighted by Gasteiger charge is -2.10. The van der Waals surface area contributed by atoms with Crippen molar-refractivity contribution in [3.8, 4) is 22.8 Å². The van der Waals surface area contributed by atoms with Crippen LogP contribution in [-0.2, 0) is 11.2 Å². The third-order valence-corrected chi connectivity index (χ3v) is 4.51. The largest absolute Gasteiger partial charge is 0.493 e. The summed E-state index contributed by atoms with van der Waals surface area (Å²) in [4.78, 5) is 21.1. The number of fused-ring (bicyclic) bond motifs is 1. The summed E-state index contributed by atoms with van der Waals surface area (Å²) in [6.45, 7) is 0. The summed E-state index contributed by atoms with van der Waals surface area (Å²) in [7, 11) is 3.15. The maximum atomic E-state index is 12.4. The fraction of sp³-hybridized carbons (Fsp3) is 0.136. The maximum Gasteiger partial charge on any atom is 0.234 e. The Labute approximate surface area is 168 Å². The molecular formula is C22H20N4O3. The Kier molecular flexibility index (Phi) is 5.11. The van der Waals surface area contributed by atoms with Crippen molar-refractivity contribution in [2.75, 3.05) is 19.5 Å². The molecule has 2 aromatic carbocycles. The molecule has 4 rings (SSSR count). The first-order valence-electron chi connectivity index (χ1n) is 9.07. The lowest BCUT2D eigenvalue weighted by molar-refractivity contribution is -0.115. The number of hydrogen-bond acceptors (Lipinski definition) is 5. The predicted octanol–water partition coefficient (Wildman–Crippen LogP) is 3.59. The Balaban J connectivity index is 1.44. The Morgan fingerprint density at radius 3 is 2.59 bits per heavy atom. The Bertz CT molecular complexity index is 1120. The lowest BCUT2D eigenvalue weighted by atomic mass is 10.1. The second-order valence-corrected chi connectivity index (χ2v) is 6.44. The first-order valence-corrected chi connectivity index (χ1v) is 9.07. The minimum atomic E-state index is -0.109. The number of amides is 1. The van der Waals surface area contributed by atoms with Crippen LogP contribution in [0.3, 0.4) is 0 Å². The van der Waals surface area contributed by atoms with Gasteiger partial charge in [0, 0.05) is 29.8 Å². The molecule has 0 saturated heterocycles. The van der Waals surface area contributed by atoms with Crippen LogP contribution < -0.4 is 14.8 Å². The van der Waals surface area contributed by atoms with Crippen molar-refractivity contribution in [3.05, 3.63) is 72.7 Å². The summed E-state index contributed by atoms with van der Waals surface area (Å²) in [6.07, 6.45) is 5.78. The number of rotatable bonds is 6. The van der Waals surface area contributed by atoms with E-state index < -0.39 is 0 Å². The Hall–Kier alpha value is -3.87. The molecule has 29 heavy (non-hydrogen) atoms. The number of nitrogens with zero attached hydrogens (tertiary/aromatic N) is 3. The van der Waals surface area contributed by atoms with Gasteiger partial charge in [-0.1, -0.05) is 18.2 Å². The second kappa shape index (κ2) is 8.02. The molecule has 0 radical (unpaired) electrons. The van der Waals surface area contributed by atoms with Crippen LogP contribution in [0.4, 0.5) is 5.69 Å². The number of anilines is 1. The Morgan fingerprint density at radius 1 is 1.07 bits per heavy atom. The fourth-order valence-corrected chi connectivity index (χ4v) is 3.07. The van der Waals surface area contributed by atoms with E-state index in [1.165, 1.54) is 0 Å². The number of carbonyl (C=O) groups excluding carboxylic acids is 1. The van der Waals surface area contributed by atoms with Crippen molar-refractivity contribution < 1.29 is 14.3 Å². The van der Waals surface area contributed by atoms with Gasteiger partial charge in [-0.2, -0.15) is 0 Å². The number of ether oxygens (including phenoxy) is 2. The average molecular weight is 388 g/mol. The summed E-state index contributed by atoms with van der Waals surface area (Å²) in [6, 6.07) is 14.9. The summed E-state index contributed by atoms with van der Waals surface area (Å²) < 4.78 is 12.4. The highest BCUT2D eigenvalue weighted by molar-refractivity contribution is 5.92. The van der Waals surface area contributed by atoms with Crippen LogP contribution in [0.2, 0.25) is 0 Å². The van der Waals surface area contributed by atoms with E-state index >= 15 is 0 Å². The zero-order valence-electron chi connectivity index (χ0n) is 16.1. The van der Waals surface area contributed by atoms with Crippen molar-refractivity contribution in [2.45, 2.75) is 6.42 Å². The van der Waals surface area contributed by atoms with Gasteiger partial charge in [-0.3, -0.25) is 9.20 Å². The van der Waals surface area contributed by atoms with Gasteiger partial charge in [0.2, 0.25) is 11.7 Å². The van der Waals surface area contributed by atoms with Gasteiger partial charge in [-0.15, -0.1) is 0 Å². The van der Waals surface area contributed by atoms with Crippen molar-refractivity contribution in [2.24, 2.45) is 0 Å². The van der Waals surface area contributed by atoms with Crippen molar-refractivity contribution in [3.63, 3.8) is 0 Å². The molecule has 0 atom stereocenters. The number of hydrogen-bond donors (Lipinski definition) is 1. The van der Waals surface area contributed by atoms with Gasteiger partial charge in [0.05, 0.1) is 26.3 Å². The summed E-state index contributed by atoms with van der Waals surface area (Å²) >= 11 is 0. The molecule has 4 aromatic rings. The van der Waals surface area contributed by atoms with Gasteiger partial charge in [0.1, 0.15) is 0 Å². The van der Waals surface area contributed by atoms with Crippen LogP contribution in [0, 0.1) is 0 Å². The summed E-state index contributed by atoms with van der Waals surface area (Å²) in [5, 5.41) is 2.91. The SMILES string of the molecule is COc1ccc(CC(=O)Nc2ccc(-c3cn4cccnc4n3)cc2)cc1OC. The van der Waals surface area contributed by atoms with Gasteiger partial charge >= 0.3 is 0 Å². The van der Waals surface area contributed by atoms with Crippen LogP contribution in [0.25, 0.3) is 17.0 Å². The molecule has 2 heterocycles. The van der Waals surface area contributed by atoms with Gasteiger partial charge in [0.15, 0.2) is 11.5 Å². The van der Waals surface area contributed by atoms with E-state index in [4.69, 9.17) is 9.47 Å².